The molecule has 0 radical (unpaired) electrons. The minimum absolute atomic E-state index is 0.0719. The average Bonchev–Trinajstić information content (AvgIpc) is 2.98. The Bertz CT molecular complexity index is 935. The van der Waals surface area contributed by atoms with Gasteiger partial charge in [-0.25, -0.2) is 4.98 Å². The number of aromatic nitrogens is 2. The molecular weight excluding hydrogens is 308 g/mol. The van der Waals surface area contributed by atoms with Gasteiger partial charge < -0.3 is 14.2 Å². The first-order valence-corrected chi connectivity index (χ1v) is 7.68. The Labute approximate surface area is 138 Å². The number of hydrogen-bond donors (Lipinski definition) is 0. The van der Waals surface area contributed by atoms with E-state index in [0.717, 1.165) is 35.9 Å². The Morgan fingerprint density at radius 3 is 2.88 bits per heavy atom. The minimum atomic E-state index is -0.389. The molecule has 122 valence electrons. The molecule has 1 aromatic heterocycles. The van der Waals surface area contributed by atoms with E-state index in [0.29, 0.717) is 12.1 Å². The molecule has 0 saturated heterocycles. The van der Waals surface area contributed by atoms with Gasteiger partial charge in [0.15, 0.2) is 0 Å². The van der Waals surface area contributed by atoms with Crippen LogP contribution in [0.3, 0.4) is 0 Å². The topological polar surface area (TPSA) is 73.4 Å². The van der Waals surface area contributed by atoms with Crippen molar-refractivity contribution in [3.63, 3.8) is 0 Å². The number of anilines is 1. The van der Waals surface area contributed by atoms with Crippen molar-refractivity contribution in [3.05, 3.63) is 58.4 Å². The van der Waals surface area contributed by atoms with Gasteiger partial charge in [-0.15, -0.1) is 0 Å². The zero-order chi connectivity index (χ0) is 16.7. The third-order valence-electron chi connectivity index (χ3n) is 4.37. The van der Waals surface area contributed by atoms with E-state index in [9.17, 15) is 10.1 Å². The molecule has 0 spiro atoms. The second-order valence-corrected chi connectivity index (χ2v) is 5.73. The highest BCUT2D eigenvalue weighted by molar-refractivity contribution is 5.79. The Balaban J connectivity index is 1.69. The molecule has 1 aliphatic heterocycles. The maximum Gasteiger partial charge on any atom is 0.271 e. The predicted molar refractivity (Wildman–Crippen MR) is 90.4 cm³/mol. The van der Waals surface area contributed by atoms with Crippen molar-refractivity contribution in [3.8, 4) is 5.75 Å². The molecule has 24 heavy (non-hydrogen) atoms. The number of nitro groups is 1. The fourth-order valence-corrected chi connectivity index (χ4v) is 3.15. The summed E-state index contributed by atoms with van der Waals surface area (Å²) in [6.45, 7) is 2.30. The summed E-state index contributed by atoms with van der Waals surface area (Å²) in [5, 5.41) is 10.9. The Morgan fingerprint density at radius 1 is 1.21 bits per heavy atom. The van der Waals surface area contributed by atoms with E-state index < -0.39 is 0 Å². The third-order valence-corrected chi connectivity index (χ3v) is 4.37. The van der Waals surface area contributed by atoms with Crippen LogP contribution in [-0.4, -0.2) is 28.1 Å². The van der Waals surface area contributed by atoms with Crippen LogP contribution in [0.2, 0.25) is 0 Å². The number of methoxy groups -OCH3 is 1. The summed E-state index contributed by atoms with van der Waals surface area (Å²) in [5.74, 6) is 1.74. The van der Waals surface area contributed by atoms with E-state index >= 15 is 0 Å². The van der Waals surface area contributed by atoms with Crippen molar-refractivity contribution in [2.75, 3.05) is 18.6 Å². The number of ether oxygens (including phenoxy) is 1. The third kappa shape index (κ3) is 2.34. The summed E-state index contributed by atoms with van der Waals surface area (Å²) in [5.41, 5.74) is 2.77. The van der Waals surface area contributed by atoms with Gasteiger partial charge in [-0.2, -0.15) is 0 Å². The second-order valence-electron chi connectivity index (χ2n) is 5.73. The number of nitro benzene ring substituents is 1. The van der Waals surface area contributed by atoms with Crippen molar-refractivity contribution in [1.82, 2.24) is 9.55 Å². The van der Waals surface area contributed by atoms with Crippen LogP contribution < -0.4 is 9.64 Å². The highest BCUT2D eigenvalue weighted by atomic mass is 16.6. The maximum absolute atomic E-state index is 10.9. The van der Waals surface area contributed by atoms with Gasteiger partial charge in [-0.3, -0.25) is 10.1 Å². The molecule has 0 aliphatic carbocycles. The predicted octanol–water partition coefficient (Wildman–Crippen LogP) is 2.97. The molecule has 0 atom stereocenters. The number of imidazole rings is 1. The molecule has 0 N–H and O–H groups in total. The van der Waals surface area contributed by atoms with Crippen LogP contribution in [0.4, 0.5) is 11.4 Å². The van der Waals surface area contributed by atoms with Gasteiger partial charge in [0.2, 0.25) is 0 Å². The van der Waals surface area contributed by atoms with E-state index in [4.69, 9.17) is 4.74 Å². The summed E-state index contributed by atoms with van der Waals surface area (Å²) in [4.78, 5) is 17.4. The molecule has 0 unspecified atom stereocenters. The van der Waals surface area contributed by atoms with Gasteiger partial charge in [0, 0.05) is 37.0 Å². The Kier molecular flexibility index (Phi) is 3.34. The van der Waals surface area contributed by atoms with Crippen LogP contribution >= 0.6 is 0 Å². The summed E-state index contributed by atoms with van der Waals surface area (Å²) >= 11 is 0. The molecule has 0 fully saturated rings. The lowest BCUT2D eigenvalue weighted by Crippen LogP contribution is -2.33. The molecule has 0 amide bonds. The van der Waals surface area contributed by atoms with Gasteiger partial charge in [0.05, 0.1) is 29.6 Å². The molecule has 7 nitrogen and oxygen atoms in total. The smallest absolute Gasteiger partial charge is 0.271 e. The molecule has 1 aliphatic rings. The first kappa shape index (κ1) is 14.5. The first-order chi connectivity index (χ1) is 11.7. The lowest BCUT2D eigenvalue weighted by Gasteiger charge is -2.30. The normalized spacial score (nSPS) is 13.8. The summed E-state index contributed by atoms with van der Waals surface area (Å²) in [7, 11) is 1.65. The first-order valence-electron chi connectivity index (χ1n) is 7.68. The van der Waals surface area contributed by atoms with E-state index in [1.807, 2.05) is 24.3 Å². The van der Waals surface area contributed by atoms with Crippen LogP contribution in [0, 0.1) is 10.1 Å². The number of fused-ring (bicyclic) bond motifs is 3. The fraction of sp³-hybridized carbons (Fsp3) is 0.235. The summed E-state index contributed by atoms with van der Waals surface area (Å²) < 4.78 is 7.42. The molecule has 3 aromatic rings. The highest BCUT2D eigenvalue weighted by Gasteiger charge is 2.21. The van der Waals surface area contributed by atoms with Crippen molar-refractivity contribution in [2.45, 2.75) is 13.1 Å². The van der Waals surface area contributed by atoms with Gasteiger partial charge in [0.25, 0.3) is 5.69 Å². The fourth-order valence-electron chi connectivity index (χ4n) is 3.15. The quantitative estimate of drug-likeness (QED) is 0.547. The van der Waals surface area contributed by atoms with Crippen molar-refractivity contribution in [2.24, 2.45) is 0 Å². The lowest BCUT2D eigenvalue weighted by molar-refractivity contribution is -0.384. The zero-order valence-corrected chi connectivity index (χ0v) is 13.2. The largest absolute Gasteiger partial charge is 0.497 e. The molecule has 2 aromatic carbocycles. The molecule has 4 rings (SSSR count). The van der Waals surface area contributed by atoms with E-state index in [-0.39, 0.29) is 10.6 Å². The summed E-state index contributed by atoms with van der Waals surface area (Å²) in [6, 6.07) is 12.8. The highest BCUT2D eigenvalue weighted by Crippen LogP contribution is 2.28. The van der Waals surface area contributed by atoms with Gasteiger partial charge in [-0.05, 0) is 18.2 Å². The van der Waals surface area contributed by atoms with Crippen molar-refractivity contribution >= 4 is 22.4 Å². The maximum atomic E-state index is 10.9. The minimum Gasteiger partial charge on any atom is -0.497 e. The molecule has 0 saturated carbocycles. The van der Waals surface area contributed by atoms with Crippen LogP contribution in [0.25, 0.3) is 11.0 Å². The standard InChI is InChI=1S/C17H16N4O3/c1-24-14-4-2-3-12(9-14)19-7-8-20-16-6-5-13(21(22)23)10-15(16)18-17(20)11-19/h2-6,9-10H,7-8,11H2,1H3. The van der Waals surface area contributed by atoms with E-state index in [2.05, 4.69) is 14.5 Å². The Morgan fingerprint density at radius 2 is 2.08 bits per heavy atom. The molecule has 0 bridgehead atoms. The number of rotatable bonds is 3. The number of nitrogens with zero attached hydrogens (tertiary/aromatic N) is 4. The summed E-state index contributed by atoms with van der Waals surface area (Å²) in [6.07, 6.45) is 0. The number of non-ortho nitro benzene ring substituents is 1. The lowest BCUT2D eigenvalue weighted by atomic mass is 10.2. The van der Waals surface area contributed by atoms with Gasteiger partial charge in [0.1, 0.15) is 11.6 Å². The van der Waals surface area contributed by atoms with Crippen LogP contribution in [0.5, 0.6) is 5.75 Å². The SMILES string of the molecule is COc1cccc(N2CCn3c(nc4cc([N+](=O)[O-])ccc43)C2)c1. The Hall–Kier alpha value is -3.09. The van der Waals surface area contributed by atoms with Crippen molar-refractivity contribution in [1.29, 1.82) is 0 Å². The second kappa shape index (κ2) is 5.52. The molecule has 2 heterocycles. The molecule has 7 heteroatoms. The van der Waals surface area contributed by atoms with Gasteiger partial charge >= 0.3 is 0 Å². The number of benzene rings is 2. The van der Waals surface area contributed by atoms with E-state index in [1.165, 1.54) is 12.1 Å². The van der Waals surface area contributed by atoms with Gasteiger partial charge in [-0.1, -0.05) is 6.07 Å². The van der Waals surface area contributed by atoms with E-state index in [1.54, 1.807) is 13.2 Å². The zero-order valence-electron chi connectivity index (χ0n) is 13.2. The average molecular weight is 324 g/mol. The van der Waals surface area contributed by atoms with Crippen molar-refractivity contribution < 1.29 is 9.66 Å². The van der Waals surface area contributed by atoms with Crippen LogP contribution in [0.15, 0.2) is 42.5 Å². The monoisotopic (exact) mass is 324 g/mol. The van der Waals surface area contributed by atoms with Crippen LogP contribution in [-0.2, 0) is 13.1 Å². The van der Waals surface area contributed by atoms with Crippen LogP contribution in [0.1, 0.15) is 5.82 Å². The molecular formula is C17H16N4O3. The number of hydrogen-bond acceptors (Lipinski definition) is 5.